The highest BCUT2D eigenvalue weighted by atomic mass is 32.1. The van der Waals surface area contributed by atoms with Crippen molar-refractivity contribution in [3.8, 4) is 0 Å². The van der Waals surface area contributed by atoms with Crippen LogP contribution in [0.4, 0.5) is 0 Å². The van der Waals surface area contributed by atoms with Gasteiger partial charge in [0.15, 0.2) is 6.39 Å². The molecule has 11 rings (SSSR count). The SMILES string of the molecule is CC.CC.CC.CC.CC.CC.CC.CC.Cc1ccccn1.Cc1cccnc1.Cc1ccncc1.Cc1cn[nH]n1.Cc1cn[nH]n1.Cc1cn[nH]n1.Cc1ncoc1C.Cc1ncsc1C.Cc1ncsc1C.Cn1ccnn1.Cn1nccn1. The lowest BCUT2D eigenvalue weighted by Crippen LogP contribution is -1.89. The zero-order valence-electron chi connectivity index (χ0n) is 59.5. The summed E-state index contributed by atoms with van der Waals surface area (Å²) < 4.78 is 6.49. The fourth-order valence-corrected chi connectivity index (χ4v) is 4.92. The molecule has 0 unspecified atom stereocenters. The van der Waals surface area contributed by atoms with E-state index in [2.05, 4.69) is 110 Å². The number of aromatic nitrogens is 21. The summed E-state index contributed by atoms with van der Waals surface area (Å²) in [5.74, 6) is 0.903. The zero-order valence-corrected chi connectivity index (χ0v) is 61.1. The zero-order chi connectivity index (χ0) is 69.2. The second-order valence-corrected chi connectivity index (χ2v) is 16.6. The van der Waals surface area contributed by atoms with Crippen LogP contribution < -0.4 is 0 Å². The van der Waals surface area contributed by atoms with Crippen molar-refractivity contribution in [3.63, 3.8) is 0 Å². The summed E-state index contributed by atoms with van der Waals surface area (Å²) >= 11 is 3.39. The number of H-pyrrole nitrogens is 3. The van der Waals surface area contributed by atoms with Crippen LogP contribution in [0.1, 0.15) is 177 Å². The fraction of sp³-hybridized carbons (Fsp3) is 0.469. The fourth-order valence-electron chi connectivity index (χ4n) is 3.73. The van der Waals surface area contributed by atoms with E-state index in [-0.39, 0.29) is 0 Å². The van der Waals surface area contributed by atoms with E-state index in [9.17, 15) is 0 Å². The highest BCUT2D eigenvalue weighted by Crippen LogP contribution is 2.08. The van der Waals surface area contributed by atoms with Crippen LogP contribution >= 0.6 is 22.7 Å². The van der Waals surface area contributed by atoms with Crippen molar-refractivity contribution in [2.45, 2.75) is 194 Å². The summed E-state index contributed by atoms with van der Waals surface area (Å²) in [6, 6.07) is 13.7. The monoisotopic (exact) mass is 1260 g/mol. The molecular formula is C64H115N21OS2. The first-order valence-electron chi connectivity index (χ1n) is 29.9. The standard InChI is InChI=1S/3C6H7N.C5H7NO.2C5H7NS.5C3H5N3.8C2H6/c1-6-2-4-7-5-3-6;1-6-3-2-4-7-5-6;1-6-4-2-3-5-7-6;3*1-4-5(2)7-3-6-4;1-6-3-2-4-5-6;1-6-4-2-3-5-6;3*1-3-2-4-6-5-3;8*1-2/h3*2-5H,1H3;3*3H,1-2H3;2*2-3H,1H3;3*2H,1H3,(H,4,5,6);8*1-2H3. The van der Waals surface area contributed by atoms with Crippen LogP contribution in [-0.2, 0) is 14.1 Å². The summed E-state index contributed by atoms with van der Waals surface area (Å²) in [7, 11) is 3.60. The Bertz CT molecular complexity index is 2370. The lowest BCUT2D eigenvalue weighted by Gasteiger charge is -1.82. The van der Waals surface area contributed by atoms with E-state index in [0.717, 1.165) is 45.6 Å². The number of oxazole rings is 1. The smallest absolute Gasteiger partial charge is 0.181 e. The van der Waals surface area contributed by atoms with Crippen molar-refractivity contribution in [1.29, 1.82) is 0 Å². The van der Waals surface area contributed by atoms with E-state index in [1.807, 2.05) is 247 Å². The molecule has 0 aliphatic rings. The Labute approximate surface area is 539 Å². The van der Waals surface area contributed by atoms with E-state index in [0.29, 0.717) is 0 Å². The van der Waals surface area contributed by atoms with Crippen LogP contribution in [0.5, 0.6) is 0 Å². The van der Waals surface area contributed by atoms with Gasteiger partial charge in [-0.1, -0.05) is 128 Å². The van der Waals surface area contributed by atoms with Crippen molar-refractivity contribution < 1.29 is 4.42 Å². The van der Waals surface area contributed by atoms with Crippen molar-refractivity contribution >= 4 is 22.7 Å². The third-order valence-corrected chi connectivity index (χ3v) is 9.83. The molecule has 3 N–H and O–H groups in total. The first-order valence-corrected chi connectivity index (χ1v) is 31.6. The van der Waals surface area contributed by atoms with Crippen LogP contribution in [0.15, 0.2) is 139 Å². The van der Waals surface area contributed by atoms with Gasteiger partial charge < -0.3 is 4.42 Å². The maximum absolute atomic E-state index is 4.85. The number of nitrogens with zero attached hydrogens (tertiary/aromatic N) is 18. The van der Waals surface area contributed by atoms with Crippen molar-refractivity contribution in [2.75, 3.05) is 0 Å². The molecule has 0 atom stereocenters. The Morgan fingerprint density at radius 2 is 0.841 bits per heavy atom. The molecular weight excluding hydrogens is 1140 g/mol. The first kappa shape index (κ1) is 95.9. The Morgan fingerprint density at radius 3 is 0.966 bits per heavy atom. The maximum Gasteiger partial charge on any atom is 0.181 e. The van der Waals surface area contributed by atoms with Gasteiger partial charge >= 0.3 is 0 Å². The quantitative estimate of drug-likeness (QED) is 0.127. The minimum atomic E-state index is 0.903. The molecule has 0 radical (unpaired) electrons. The molecule has 0 bridgehead atoms. The minimum Gasteiger partial charge on any atom is -0.449 e. The molecule has 11 aromatic rings. The molecule has 0 saturated carbocycles. The molecule has 22 nitrogen and oxygen atoms in total. The summed E-state index contributed by atoms with van der Waals surface area (Å²) in [6.07, 6.45) is 22.1. The van der Waals surface area contributed by atoms with Crippen LogP contribution in [0.25, 0.3) is 0 Å². The maximum atomic E-state index is 4.85. The number of nitrogens with one attached hydrogen (secondary N) is 3. The molecule has 0 aliphatic heterocycles. The Hall–Kier alpha value is -8.38. The molecule has 0 spiro atoms. The molecule has 0 aliphatic carbocycles. The van der Waals surface area contributed by atoms with E-state index < -0.39 is 0 Å². The third kappa shape index (κ3) is 70.1. The second-order valence-electron chi connectivity index (χ2n) is 14.4. The largest absolute Gasteiger partial charge is 0.449 e. The topological polar surface area (TPSA) is 277 Å². The van der Waals surface area contributed by atoms with Crippen molar-refractivity contribution in [3.05, 3.63) is 201 Å². The van der Waals surface area contributed by atoms with Crippen LogP contribution in [0.2, 0.25) is 0 Å². The lowest BCUT2D eigenvalue weighted by atomic mass is 10.3. The summed E-state index contributed by atoms with van der Waals surface area (Å²) in [4.78, 5) is 27.8. The van der Waals surface area contributed by atoms with Gasteiger partial charge in [0.1, 0.15) is 5.76 Å². The number of hydrogen-bond donors (Lipinski definition) is 3. The molecule has 494 valence electrons. The normalized spacial score (nSPS) is 7.89. The van der Waals surface area contributed by atoms with Crippen LogP contribution in [-0.4, -0.2) is 106 Å². The summed E-state index contributed by atoms with van der Waals surface area (Å²) in [5, 5.41) is 43.6. The molecule has 0 saturated heterocycles. The van der Waals surface area contributed by atoms with E-state index in [1.54, 1.807) is 103 Å². The van der Waals surface area contributed by atoms with E-state index >= 15 is 0 Å². The molecule has 11 heterocycles. The highest BCUT2D eigenvalue weighted by molar-refractivity contribution is 7.09. The van der Waals surface area contributed by atoms with E-state index in [1.165, 1.54) is 32.1 Å². The summed E-state index contributed by atoms with van der Waals surface area (Å²) in [6.45, 7) is 55.7. The van der Waals surface area contributed by atoms with Gasteiger partial charge in [0, 0.05) is 66.7 Å². The van der Waals surface area contributed by atoms with Gasteiger partial charge in [-0.2, -0.15) is 61.2 Å². The van der Waals surface area contributed by atoms with Crippen molar-refractivity contribution in [1.82, 2.24) is 106 Å². The second kappa shape index (κ2) is 78.6. The van der Waals surface area contributed by atoms with Gasteiger partial charge in [-0.05, 0) is 125 Å². The predicted molar refractivity (Wildman–Crippen MR) is 372 cm³/mol. The van der Waals surface area contributed by atoms with E-state index in [4.69, 9.17) is 4.42 Å². The number of pyridine rings is 3. The van der Waals surface area contributed by atoms with Gasteiger partial charge in [-0.3, -0.25) is 19.6 Å². The molecule has 0 amide bonds. The average Bonchev–Trinajstić information content (AvgIpc) is 4.46. The van der Waals surface area contributed by atoms with Gasteiger partial charge in [0.05, 0.1) is 82.4 Å². The van der Waals surface area contributed by atoms with Gasteiger partial charge in [0.2, 0.25) is 0 Å². The molecule has 0 aromatic carbocycles. The highest BCUT2D eigenvalue weighted by Gasteiger charge is 1.91. The number of aromatic amines is 3. The molecule has 88 heavy (non-hydrogen) atoms. The number of aryl methyl sites for hydroxylation is 14. The van der Waals surface area contributed by atoms with Crippen LogP contribution in [0, 0.1) is 83.1 Å². The average molecular weight is 1260 g/mol. The van der Waals surface area contributed by atoms with Gasteiger partial charge in [0.25, 0.3) is 0 Å². The Morgan fingerprint density at radius 1 is 0.398 bits per heavy atom. The Balaban J connectivity index is -0.000000130. The molecule has 0 fully saturated rings. The minimum absolute atomic E-state index is 0.903. The Kier molecular flexibility index (Phi) is 85.7. The predicted octanol–water partition coefficient (Wildman–Crippen LogP) is 17.2. The van der Waals surface area contributed by atoms with Gasteiger partial charge in [-0.25, -0.2) is 15.0 Å². The number of thiazole rings is 2. The number of rotatable bonds is 0. The van der Waals surface area contributed by atoms with Gasteiger partial charge in [-0.15, -0.1) is 27.8 Å². The summed E-state index contributed by atoms with van der Waals surface area (Å²) in [5.41, 5.74) is 13.3. The number of hydrogen-bond acceptors (Lipinski definition) is 19. The third-order valence-electron chi connectivity index (χ3n) is 8.11. The van der Waals surface area contributed by atoms with Crippen LogP contribution in [0.3, 0.4) is 0 Å². The lowest BCUT2D eigenvalue weighted by molar-refractivity contribution is 0.525. The van der Waals surface area contributed by atoms with Crippen molar-refractivity contribution in [2.24, 2.45) is 14.1 Å². The molecule has 24 heteroatoms. The molecule has 11 aromatic heterocycles. The first-order chi connectivity index (χ1) is 42.6.